The predicted molar refractivity (Wildman–Crippen MR) is 51.5 cm³/mol. The van der Waals surface area contributed by atoms with Crippen molar-refractivity contribution in [2.75, 3.05) is 26.1 Å². The van der Waals surface area contributed by atoms with E-state index in [1.165, 1.54) is 0 Å². The first-order valence-electron chi connectivity index (χ1n) is 4.03. The Labute approximate surface area is 88.6 Å². The number of methoxy groups -OCH3 is 1. The summed E-state index contributed by atoms with van der Waals surface area (Å²) in [6, 6.07) is 0. The molecule has 0 spiro atoms. The van der Waals surface area contributed by atoms with Crippen LogP contribution in [0.1, 0.15) is 6.42 Å². The third-order valence-corrected chi connectivity index (χ3v) is 2.51. The van der Waals surface area contributed by atoms with Crippen LogP contribution in [-0.4, -0.2) is 40.6 Å². The van der Waals surface area contributed by atoms with Gasteiger partial charge in [-0.2, -0.15) is 8.42 Å². The maximum absolute atomic E-state index is 11.0. The summed E-state index contributed by atoms with van der Waals surface area (Å²) in [4.78, 5) is 10.5. The summed E-state index contributed by atoms with van der Waals surface area (Å²) in [5.41, 5.74) is 0. The molecular formula is C8H12O6S. The highest BCUT2D eigenvalue weighted by molar-refractivity contribution is 7.86. The monoisotopic (exact) mass is 236 g/mol. The van der Waals surface area contributed by atoms with Crippen molar-refractivity contribution in [1.82, 2.24) is 0 Å². The van der Waals surface area contributed by atoms with Crippen molar-refractivity contribution in [2.45, 2.75) is 6.42 Å². The van der Waals surface area contributed by atoms with Crippen molar-refractivity contribution in [3.63, 3.8) is 0 Å². The molecule has 0 fully saturated rings. The number of terminal acetylenes is 1. The molecule has 0 unspecified atom stereocenters. The fourth-order valence-electron chi connectivity index (χ4n) is 0.633. The van der Waals surface area contributed by atoms with E-state index >= 15 is 0 Å². The van der Waals surface area contributed by atoms with E-state index < -0.39 is 16.3 Å². The molecule has 0 aromatic carbocycles. The van der Waals surface area contributed by atoms with E-state index in [2.05, 4.69) is 13.7 Å². The summed E-state index contributed by atoms with van der Waals surface area (Å²) in [5, 5.41) is 0. The molecule has 0 saturated carbocycles. The third kappa shape index (κ3) is 7.78. The molecule has 0 N–H and O–H groups in total. The van der Waals surface area contributed by atoms with Crippen LogP contribution >= 0.6 is 0 Å². The van der Waals surface area contributed by atoms with Crippen LogP contribution in [0.4, 0.5) is 4.79 Å². The molecule has 6 nitrogen and oxygen atoms in total. The van der Waals surface area contributed by atoms with Gasteiger partial charge in [0.25, 0.3) is 10.1 Å². The minimum absolute atomic E-state index is 0.0503. The number of hydrogen-bond donors (Lipinski definition) is 0. The molecule has 0 aliphatic carbocycles. The summed E-state index contributed by atoms with van der Waals surface area (Å²) in [5.74, 6) is 1.78. The zero-order valence-corrected chi connectivity index (χ0v) is 9.08. The quantitative estimate of drug-likeness (QED) is 0.282. The molecule has 86 valence electrons. The standard InChI is InChI=1S/C8H12O6S/c1-3-5-14-15(10,11)7-4-6-13-8(9)12-2/h1H,4-7H2,2H3. The van der Waals surface area contributed by atoms with Crippen LogP contribution in [0.25, 0.3) is 0 Å². The maximum atomic E-state index is 11.0. The van der Waals surface area contributed by atoms with E-state index in [-0.39, 0.29) is 25.4 Å². The first-order chi connectivity index (χ1) is 7.02. The predicted octanol–water partition coefficient (Wildman–Crippen LogP) is 0.139. The summed E-state index contributed by atoms with van der Waals surface area (Å²) in [6.07, 6.45) is 4.10. The molecular weight excluding hydrogens is 224 g/mol. The fraction of sp³-hybridized carbons (Fsp3) is 0.625. The lowest BCUT2D eigenvalue weighted by atomic mass is 10.5. The smallest absolute Gasteiger partial charge is 0.438 e. The maximum Gasteiger partial charge on any atom is 0.507 e. The lowest BCUT2D eigenvalue weighted by Crippen LogP contribution is -2.14. The van der Waals surface area contributed by atoms with Gasteiger partial charge in [-0.05, 0) is 6.42 Å². The minimum atomic E-state index is -3.62. The first kappa shape index (κ1) is 13.7. The Morgan fingerprint density at radius 1 is 1.47 bits per heavy atom. The van der Waals surface area contributed by atoms with Crippen LogP contribution in [0, 0.1) is 12.3 Å². The van der Waals surface area contributed by atoms with Crippen molar-refractivity contribution in [3.05, 3.63) is 0 Å². The van der Waals surface area contributed by atoms with Gasteiger partial charge in [-0.25, -0.2) is 4.79 Å². The van der Waals surface area contributed by atoms with Crippen molar-refractivity contribution in [1.29, 1.82) is 0 Å². The van der Waals surface area contributed by atoms with Gasteiger partial charge in [0.15, 0.2) is 0 Å². The van der Waals surface area contributed by atoms with Crippen molar-refractivity contribution in [2.24, 2.45) is 0 Å². The number of ether oxygens (including phenoxy) is 2. The molecule has 0 atom stereocenters. The zero-order valence-electron chi connectivity index (χ0n) is 8.26. The van der Waals surface area contributed by atoms with Crippen molar-refractivity contribution < 1.29 is 26.9 Å². The molecule has 0 aliphatic heterocycles. The second-order valence-electron chi connectivity index (χ2n) is 2.38. The Bertz CT molecular complexity index is 326. The Kier molecular flexibility index (Phi) is 6.49. The Morgan fingerprint density at radius 2 is 2.13 bits per heavy atom. The zero-order chi connectivity index (χ0) is 11.7. The second-order valence-corrected chi connectivity index (χ2v) is 4.14. The minimum Gasteiger partial charge on any atom is -0.438 e. The van der Waals surface area contributed by atoms with Gasteiger partial charge in [0.2, 0.25) is 0 Å². The average Bonchev–Trinajstić information content (AvgIpc) is 2.21. The molecule has 0 amide bonds. The van der Waals surface area contributed by atoms with Gasteiger partial charge in [-0.3, -0.25) is 4.18 Å². The highest BCUT2D eigenvalue weighted by Gasteiger charge is 2.10. The second kappa shape index (κ2) is 7.09. The molecule has 0 bridgehead atoms. The van der Waals surface area contributed by atoms with E-state index in [4.69, 9.17) is 6.42 Å². The van der Waals surface area contributed by atoms with Crippen LogP contribution in [0.2, 0.25) is 0 Å². The fourth-order valence-corrected chi connectivity index (χ4v) is 1.47. The molecule has 0 aliphatic rings. The van der Waals surface area contributed by atoms with Crippen LogP contribution in [0.15, 0.2) is 0 Å². The molecule has 0 heterocycles. The van der Waals surface area contributed by atoms with Crippen LogP contribution in [0.5, 0.6) is 0 Å². The van der Waals surface area contributed by atoms with E-state index in [1.807, 2.05) is 5.92 Å². The molecule has 0 radical (unpaired) electrons. The number of rotatable bonds is 6. The summed E-state index contributed by atoms with van der Waals surface area (Å²) >= 11 is 0. The van der Waals surface area contributed by atoms with Gasteiger partial charge in [0, 0.05) is 0 Å². The molecule has 0 rings (SSSR count). The normalized spacial score (nSPS) is 10.4. The largest absolute Gasteiger partial charge is 0.507 e. The number of hydrogen-bond acceptors (Lipinski definition) is 6. The van der Waals surface area contributed by atoms with Gasteiger partial charge >= 0.3 is 6.16 Å². The topological polar surface area (TPSA) is 78.9 Å². The Morgan fingerprint density at radius 3 is 2.67 bits per heavy atom. The summed E-state index contributed by atoms with van der Waals surface area (Å²) in [7, 11) is -2.46. The SMILES string of the molecule is C#CCOS(=O)(=O)CCCOC(=O)OC. The molecule has 0 aromatic rings. The Hall–Kier alpha value is -1.26. The third-order valence-electron chi connectivity index (χ3n) is 1.25. The molecule has 15 heavy (non-hydrogen) atoms. The van der Waals surface area contributed by atoms with Gasteiger partial charge in [0.05, 0.1) is 19.5 Å². The van der Waals surface area contributed by atoms with Gasteiger partial charge in [-0.15, -0.1) is 6.42 Å². The van der Waals surface area contributed by atoms with E-state index in [0.29, 0.717) is 0 Å². The average molecular weight is 236 g/mol. The molecule has 0 saturated heterocycles. The highest BCUT2D eigenvalue weighted by atomic mass is 32.2. The number of carbonyl (C=O) groups is 1. The van der Waals surface area contributed by atoms with Gasteiger partial charge in [0.1, 0.15) is 6.61 Å². The van der Waals surface area contributed by atoms with Crippen LogP contribution in [0.3, 0.4) is 0 Å². The van der Waals surface area contributed by atoms with Gasteiger partial charge in [-0.1, -0.05) is 5.92 Å². The van der Waals surface area contributed by atoms with E-state index in [9.17, 15) is 13.2 Å². The highest BCUT2D eigenvalue weighted by Crippen LogP contribution is 1.97. The molecule has 7 heteroatoms. The lowest BCUT2D eigenvalue weighted by molar-refractivity contribution is 0.0728. The van der Waals surface area contributed by atoms with E-state index in [1.54, 1.807) is 0 Å². The Balaban J connectivity index is 3.67. The number of carbonyl (C=O) groups excluding carboxylic acids is 1. The van der Waals surface area contributed by atoms with Crippen molar-refractivity contribution in [3.8, 4) is 12.3 Å². The van der Waals surface area contributed by atoms with Crippen molar-refractivity contribution >= 4 is 16.3 Å². The van der Waals surface area contributed by atoms with Crippen LogP contribution in [-0.2, 0) is 23.8 Å². The van der Waals surface area contributed by atoms with E-state index in [0.717, 1.165) is 7.11 Å². The van der Waals surface area contributed by atoms with Crippen LogP contribution < -0.4 is 0 Å². The summed E-state index contributed by atoms with van der Waals surface area (Å²) < 4.78 is 35.1. The van der Waals surface area contributed by atoms with Gasteiger partial charge < -0.3 is 9.47 Å². The first-order valence-corrected chi connectivity index (χ1v) is 5.61. The lowest BCUT2D eigenvalue weighted by Gasteiger charge is -2.03. The summed E-state index contributed by atoms with van der Waals surface area (Å²) in [6.45, 7) is -0.342. The molecule has 0 aromatic heterocycles.